The van der Waals surface area contributed by atoms with Crippen LogP contribution in [0.1, 0.15) is 0 Å². The van der Waals surface area contributed by atoms with Gasteiger partial charge in [-0.3, -0.25) is 0 Å². The predicted molar refractivity (Wildman–Crippen MR) is 61.3 cm³/mol. The Labute approximate surface area is 106 Å². The first-order chi connectivity index (χ1) is 8.94. The number of alkyl halides is 3. The standard InChI is InChI=1S/C13H9F3O3/c14-13(15,16)19-10-6-7-11(17)12(8-10)18-9-4-2-1-3-5-9/h1-8,17H. The van der Waals surface area contributed by atoms with Crippen molar-refractivity contribution in [2.75, 3.05) is 0 Å². The molecule has 0 saturated carbocycles. The second kappa shape index (κ2) is 5.09. The minimum absolute atomic E-state index is 0.118. The van der Waals surface area contributed by atoms with Crippen molar-refractivity contribution in [3.63, 3.8) is 0 Å². The third-order valence-electron chi connectivity index (χ3n) is 2.14. The Morgan fingerprint density at radius 2 is 1.58 bits per heavy atom. The molecule has 0 atom stereocenters. The average Bonchev–Trinajstić information content (AvgIpc) is 2.33. The fourth-order valence-electron chi connectivity index (χ4n) is 1.39. The highest BCUT2D eigenvalue weighted by molar-refractivity contribution is 5.46. The summed E-state index contributed by atoms with van der Waals surface area (Å²) in [5.74, 6) is -0.468. The number of benzene rings is 2. The summed E-state index contributed by atoms with van der Waals surface area (Å²) in [4.78, 5) is 0. The summed E-state index contributed by atoms with van der Waals surface area (Å²) in [6.07, 6.45) is -4.79. The molecule has 0 aromatic heterocycles. The van der Waals surface area contributed by atoms with Gasteiger partial charge in [0.05, 0.1) is 0 Å². The normalized spacial score (nSPS) is 11.1. The lowest BCUT2D eigenvalue weighted by Gasteiger charge is -2.12. The van der Waals surface area contributed by atoms with Gasteiger partial charge >= 0.3 is 6.36 Å². The molecule has 3 nitrogen and oxygen atoms in total. The third-order valence-corrected chi connectivity index (χ3v) is 2.14. The molecule has 2 aromatic rings. The van der Waals surface area contributed by atoms with E-state index in [0.717, 1.165) is 18.2 Å². The highest BCUT2D eigenvalue weighted by Gasteiger charge is 2.31. The van der Waals surface area contributed by atoms with Crippen LogP contribution in [0.15, 0.2) is 48.5 Å². The Morgan fingerprint density at radius 1 is 0.895 bits per heavy atom. The lowest BCUT2D eigenvalue weighted by atomic mass is 10.3. The fraction of sp³-hybridized carbons (Fsp3) is 0.0769. The third kappa shape index (κ3) is 3.80. The molecule has 19 heavy (non-hydrogen) atoms. The number of aromatic hydroxyl groups is 1. The zero-order chi connectivity index (χ0) is 13.9. The Bertz CT molecular complexity index is 553. The van der Waals surface area contributed by atoms with Gasteiger partial charge in [-0.1, -0.05) is 18.2 Å². The topological polar surface area (TPSA) is 38.7 Å². The van der Waals surface area contributed by atoms with Crippen LogP contribution in [0.3, 0.4) is 0 Å². The second-order valence-electron chi connectivity index (χ2n) is 3.59. The minimum atomic E-state index is -4.79. The van der Waals surface area contributed by atoms with Crippen LogP contribution in [-0.4, -0.2) is 11.5 Å². The molecule has 6 heteroatoms. The summed E-state index contributed by atoms with van der Waals surface area (Å²) in [6.45, 7) is 0. The maximum Gasteiger partial charge on any atom is 0.573 e. The molecule has 2 aromatic carbocycles. The van der Waals surface area contributed by atoms with E-state index >= 15 is 0 Å². The van der Waals surface area contributed by atoms with E-state index in [4.69, 9.17) is 4.74 Å². The average molecular weight is 270 g/mol. The van der Waals surface area contributed by atoms with Gasteiger partial charge in [0.25, 0.3) is 0 Å². The molecule has 2 rings (SSSR count). The molecule has 0 aliphatic carbocycles. The van der Waals surface area contributed by atoms with Gasteiger partial charge in [0, 0.05) is 6.07 Å². The first kappa shape index (κ1) is 13.1. The number of phenolic OH excluding ortho intramolecular Hbond substituents is 1. The van der Waals surface area contributed by atoms with Gasteiger partial charge in [0.15, 0.2) is 11.5 Å². The zero-order valence-corrected chi connectivity index (χ0v) is 9.52. The molecular formula is C13H9F3O3. The molecule has 0 fully saturated rings. The Hall–Kier alpha value is -2.37. The van der Waals surface area contributed by atoms with Gasteiger partial charge in [-0.15, -0.1) is 13.2 Å². The van der Waals surface area contributed by atoms with Crippen molar-refractivity contribution >= 4 is 0 Å². The predicted octanol–water partition coefficient (Wildman–Crippen LogP) is 4.08. The number of hydrogen-bond acceptors (Lipinski definition) is 3. The molecule has 0 aliphatic rings. The number of rotatable bonds is 3. The molecule has 1 N–H and O–H groups in total. The minimum Gasteiger partial charge on any atom is -0.504 e. The van der Waals surface area contributed by atoms with Crippen LogP contribution < -0.4 is 9.47 Å². The molecule has 0 amide bonds. The molecule has 0 spiro atoms. The van der Waals surface area contributed by atoms with Crippen LogP contribution in [0.2, 0.25) is 0 Å². The summed E-state index contributed by atoms with van der Waals surface area (Å²) >= 11 is 0. The van der Waals surface area contributed by atoms with Crippen LogP contribution in [0.5, 0.6) is 23.0 Å². The van der Waals surface area contributed by atoms with E-state index in [-0.39, 0.29) is 11.5 Å². The van der Waals surface area contributed by atoms with Crippen LogP contribution in [0.4, 0.5) is 13.2 Å². The lowest BCUT2D eigenvalue weighted by molar-refractivity contribution is -0.274. The molecule has 0 saturated heterocycles. The Balaban J connectivity index is 2.23. The van der Waals surface area contributed by atoms with Crippen LogP contribution in [-0.2, 0) is 0 Å². The van der Waals surface area contributed by atoms with E-state index in [1.807, 2.05) is 0 Å². The van der Waals surface area contributed by atoms with Crippen molar-refractivity contribution in [1.82, 2.24) is 0 Å². The highest BCUT2D eigenvalue weighted by Crippen LogP contribution is 2.35. The fourth-order valence-corrected chi connectivity index (χ4v) is 1.39. The van der Waals surface area contributed by atoms with Gasteiger partial charge in [0.2, 0.25) is 0 Å². The molecule has 0 aliphatic heterocycles. The number of phenols is 1. The monoisotopic (exact) mass is 270 g/mol. The van der Waals surface area contributed by atoms with Crippen molar-refractivity contribution in [1.29, 1.82) is 0 Å². The number of para-hydroxylation sites is 1. The van der Waals surface area contributed by atoms with E-state index in [0.29, 0.717) is 5.75 Å². The van der Waals surface area contributed by atoms with Gasteiger partial charge in [-0.2, -0.15) is 0 Å². The van der Waals surface area contributed by atoms with Gasteiger partial charge < -0.3 is 14.6 Å². The quantitative estimate of drug-likeness (QED) is 0.913. The van der Waals surface area contributed by atoms with E-state index in [9.17, 15) is 18.3 Å². The van der Waals surface area contributed by atoms with E-state index in [2.05, 4.69) is 4.74 Å². The number of hydrogen-bond donors (Lipinski definition) is 1. The van der Waals surface area contributed by atoms with Crippen molar-refractivity contribution in [3.05, 3.63) is 48.5 Å². The second-order valence-corrected chi connectivity index (χ2v) is 3.59. The van der Waals surface area contributed by atoms with Crippen molar-refractivity contribution in [3.8, 4) is 23.0 Å². The molecular weight excluding hydrogens is 261 g/mol. The number of halogens is 3. The smallest absolute Gasteiger partial charge is 0.504 e. The lowest BCUT2D eigenvalue weighted by Crippen LogP contribution is -2.17. The van der Waals surface area contributed by atoms with Crippen LogP contribution in [0.25, 0.3) is 0 Å². The summed E-state index contributed by atoms with van der Waals surface area (Å²) < 4.78 is 45.2. The molecule has 0 heterocycles. The van der Waals surface area contributed by atoms with E-state index < -0.39 is 12.1 Å². The molecule has 0 unspecified atom stereocenters. The summed E-state index contributed by atoms with van der Waals surface area (Å²) in [5.41, 5.74) is 0. The zero-order valence-electron chi connectivity index (χ0n) is 9.52. The highest BCUT2D eigenvalue weighted by atomic mass is 19.4. The van der Waals surface area contributed by atoms with E-state index in [1.165, 1.54) is 0 Å². The Morgan fingerprint density at radius 3 is 2.21 bits per heavy atom. The molecule has 100 valence electrons. The maximum atomic E-state index is 12.1. The van der Waals surface area contributed by atoms with Gasteiger partial charge in [-0.25, -0.2) is 0 Å². The SMILES string of the molecule is Oc1ccc(OC(F)(F)F)cc1Oc1ccccc1. The first-order valence-corrected chi connectivity index (χ1v) is 5.26. The van der Waals surface area contributed by atoms with Gasteiger partial charge in [0.1, 0.15) is 11.5 Å². The largest absolute Gasteiger partial charge is 0.573 e. The first-order valence-electron chi connectivity index (χ1n) is 5.26. The maximum absolute atomic E-state index is 12.1. The van der Waals surface area contributed by atoms with Crippen LogP contribution >= 0.6 is 0 Å². The van der Waals surface area contributed by atoms with Crippen molar-refractivity contribution < 1.29 is 27.8 Å². The summed E-state index contributed by atoms with van der Waals surface area (Å²) in [6, 6.07) is 11.4. The van der Waals surface area contributed by atoms with E-state index in [1.54, 1.807) is 30.3 Å². The van der Waals surface area contributed by atoms with Crippen molar-refractivity contribution in [2.24, 2.45) is 0 Å². The molecule has 0 bridgehead atoms. The summed E-state index contributed by atoms with van der Waals surface area (Å²) in [5, 5.41) is 9.53. The summed E-state index contributed by atoms with van der Waals surface area (Å²) in [7, 11) is 0. The van der Waals surface area contributed by atoms with Gasteiger partial charge in [-0.05, 0) is 24.3 Å². The number of ether oxygens (including phenoxy) is 2. The van der Waals surface area contributed by atoms with Crippen LogP contribution in [0, 0.1) is 0 Å². The van der Waals surface area contributed by atoms with Crippen molar-refractivity contribution in [2.45, 2.75) is 6.36 Å². The molecule has 0 radical (unpaired) electrons. The Kier molecular flexibility index (Phi) is 3.50.